The molecule has 0 bridgehead atoms. The van der Waals surface area contributed by atoms with Crippen molar-refractivity contribution in [3.05, 3.63) is 139 Å². The molecule has 1 aliphatic heterocycles. The lowest BCUT2D eigenvalue weighted by molar-refractivity contribution is -0.138. The van der Waals surface area contributed by atoms with E-state index < -0.39 is 18.0 Å². The first-order chi connectivity index (χ1) is 21.9. The quantitative estimate of drug-likeness (QED) is 0.225. The summed E-state index contributed by atoms with van der Waals surface area (Å²) in [6, 6.07) is 26.2. The largest absolute Gasteiger partial charge is 0.497 e. The van der Waals surface area contributed by atoms with Crippen molar-refractivity contribution in [1.82, 2.24) is 4.57 Å². The average Bonchev–Trinajstić information content (AvgIpc) is 3.68. The van der Waals surface area contributed by atoms with Crippen molar-refractivity contribution in [2.24, 2.45) is 4.99 Å². The standard InChI is InChI=1S/C35H28N2O7S/c1-4-43-34(40)29-30(22-9-6-5-7-10-22)36-35-37(31(29)24-11-8-12-25(19-24)41-2)32(38)28(45-35)20-26-17-18-27(44-26)21-13-15-23(16-14-21)33(39)42-3/h5-20,31H,4H2,1-3H3/b28-20-. The van der Waals surface area contributed by atoms with Crippen molar-refractivity contribution in [3.63, 3.8) is 0 Å². The predicted octanol–water partition coefficient (Wildman–Crippen LogP) is 4.99. The molecule has 1 unspecified atom stereocenters. The summed E-state index contributed by atoms with van der Waals surface area (Å²) < 4.78 is 23.7. The van der Waals surface area contributed by atoms with Crippen LogP contribution in [0.25, 0.3) is 23.1 Å². The molecular weight excluding hydrogens is 592 g/mol. The van der Waals surface area contributed by atoms with Gasteiger partial charge >= 0.3 is 11.9 Å². The van der Waals surface area contributed by atoms with Gasteiger partial charge in [-0.05, 0) is 48.9 Å². The molecule has 0 saturated carbocycles. The predicted molar refractivity (Wildman–Crippen MR) is 170 cm³/mol. The molecule has 0 saturated heterocycles. The first kappa shape index (κ1) is 29.6. The Labute approximate surface area is 262 Å². The molecule has 0 radical (unpaired) electrons. The van der Waals surface area contributed by atoms with Crippen molar-refractivity contribution >= 4 is 35.0 Å². The van der Waals surface area contributed by atoms with Crippen LogP contribution in [-0.4, -0.2) is 37.3 Å². The van der Waals surface area contributed by atoms with Gasteiger partial charge in [-0.15, -0.1) is 0 Å². The van der Waals surface area contributed by atoms with Gasteiger partial charge in [-0.1, -0.05) is 65.9 Å². The summed E-state index contributed by atoms with van der Waals surface area (Å²) >= 11 is 1.20. The molecule has 0 fully saturated rings. The minimum atomic E-state index is -0.826. The van der Waals surface area contributed by atoms with Gasteiger partial charge in [-0.2, -0.15) is 0 Å². The van der Waals surface area contributed by atoms with E-state index in [1.807, 2.05) is 42.5 Å². The van der Waals surface area contributed by atoms with Crippen LogP contribution in [0, 0.1) is 0 Å². The fourth-order valence-corrected chi connectivity index (χ4v) is 6.15. The number of fused-ring (bicyclic) bond motifs is 1. The molecule has 10 heteroatoms. The molecule has 3 aromatic carbocycles. The first-order valence-corrected chi connectivity index (χ1v) is 14.9. The van der Waals surface area contributed by atoms with E-state index in [1.54, 1.807) is 68.6 Å². The summed E-state index contributed by atoms with van der Waals surface area (Å²) in [5.74, 6) is 0.620. The maximum Gasteiger partial charge on any atom is 0.338 e. The van der Waals surface area contributed by atoms with Crippen molar-refractivity contribution in [1.29, 1.82) is 0 Å². The average molecular weight is 621 g/mol. The molecule has 0 amide bonds. The second-order valence-corrected chi connectivity index (χ2v) is 11.0. The summed E-state index contributed by atoms with van der Waals surface area (Å²) in [4.78, 5) is 44.8. The minimum absolute atomic E-state index is 0.159. The highest BCUT2D eigenvalue weighted by atomic mass is 32.1. The highest BCUT2D eigenvalue weighted by Gasteiger charge is 2.35. The number of esters is 2. The van der Waals surface area contributed by atoms with Gasteiger partial charge in [0, 0.05) is 17.2 Å². The van der Waals surface area contributed by atoms with Gasteiger partial charge < -0.3 is 18.6 Å². The van der Waals surface area contributed by atoms with Crippen LogP contribution in [0.5, 0.6) is 5.75 Å². The molecule has 6 rings (SSSR count). The van der Waals surface area contributed by atoms with Crippen LogP contribution >= 0.6 is 11.3 Å². The van der Waals surface area contributed by atoms with E-state index in [0.29, 0.717) is 43.4 Å². The Bertz CT molecular complexity index is 2110. The molecule has 0 N–H and O–H groups in total. The second-order valence-electron chi connectivity index (χ2n) is 9.98. The van der Waals surface area contributed by atoms with Crippen molar-refractivity contribution < 1.29 is 28.2 Å². The Balaban J connectivity index is 1.51. The fourth-order valence-electron chi connectivity index (χ4n) is 5.17. The molecule has 1 aliphatic rings. The Morgan fingerprint density at radius 1 is 0.933 bits per heavy atom. The number of carbonyl (C=O) groups is 2. The van der Waals surface area contributed by atoms with Crippen LogP contribution in [0.15, 0.2) is 111 Å². The number of benzene rings is 3. The maximum atomic E-state index is 14.1. The lowest BCUT2D eigenvalue weighted by Crippen LogP contribution is -2.40. The molecule has 0 aliphatic carbocycles. The molecule has 1 atom stereocenters. The second kappa shape index (κ2) is 12.6. The Hall–Kier alpha value is -5.48. The normalized spacial score (nSPS) is 14.5. The van der Waals surface area contributed by atoms with Crippen LogP contribution in [0.2, 0.25) is 0 Å². The molecule has 0 spiro atoms. The number of thiazole rings is 1. The smallest absolute Gasteiger partial charge is 0.338 e. The summed E-state index contributed by atoms with van der Waals surface area (Å²) in [5, 5.41) is 0. The molecular formula is C35H28N2O7S. The third kappa shape index (κ3) is 5.75. The molecule has 226 valence electrons. The summed E-state index contributed by atoms with van der Waals surface area (Å²) in [6.07, 6.45) is 1.66. The van der Waals surface area contributed by atoms with Crippen molar-refractivity contribution in [2.75, 3.05) is 20.8 Å². The summed E-state index contributed by atoms with van der Waals surface area (Å²) in [6.45, 7) is 1.90. The zero-order valence-corrected chi connectivity index (χ0v) is 25.5. The minimum Gasteiger partial charge on any atom is -0.497 e. The lowest BCUT2D eigenvalue weighted by Gasteiger charge is -2.26. The van der Waals surface area contributed by atoms with Gasteiger partial charge in [-0.3, -0.25) is 9.36 Å². The van der Waals surface area contributed by atoms with Crippen LogP contribution in [-0.2, 0) is 14.3 Å². The molecule has 5 aromatic rings. The number of methoxy groups -OCH3 is 2. The fraction of sp³-hybridized carbons (Fsp3) is 0.143. The summed E-state index contributed by atoms with van der Waals surface area (Å²) in [7, 11) is 2.89. The number of aromatic nitrogens is 1. The van der Waals surface area contributed by atoms with Gasteiger partial charge in [0.1, 0.15) is 17.3 Å². The summed E-state index contributed by atoms with van der Waals surface area (Å²) in [5.41, 5.74) is 2.94. The Kier molecular flexibility index (Phi) is 8.30. The third-order valence-corrected chi connectivity index (χ3v) is 8.26. The van der Waals surface area contributed by atoms with E-state index in [-0.39, 0.29) is 17.7 Å². The third-order valence-electron chi connectivity index (χ3n) is 7.27. The number of rotatable bonds is 8. The maximum absolute atomic E-state index is 14.1. The Morgan fingerprint density at radius 3 is 2.42 bits per heavy atom. The zero-order chi connectivity index (χ0) is 31.5. The van der Waals surface area contributed by atoms with E-state index in [9.17, 15) is 14.4 Å². The topological polar surface area (TPSA) is 109 Å². The Morgan fingerprint density at radius 2 is 1.71 bits per heavy atom. The monoisotopic (exact) mass is 620 g/mol. The van der Waals surface area contributed by atoms with Crippen LogP contribution in [0.1, 0.15) is 40.2 Å². The van der Waals surface area contributed by atoms with Gasteiger partial charge in [0.15, 0.2) is 4.80 Å². The van der Waals surface area contributed by atoms with E-state index in [1.165, 1.54) is 23.0 Å². The van der Waals surface area contributed by atoms with E-state index >= 15 is 0 Å². The van der Waals surface area contributed by atoms with Crippen LogP contribution in [0.3, 0.4) is 0 Å². The van der Waals surface area contributed by atoms with Gasteiger partial charge in [0.25, 0.3) is 5.56 Å². The highest BCUT2D eigenvalue weighted by Crippen LogP contribution is 2.36. The molecule has 3 heterocycles. The number of nitrogens with zero attached hydrogens (tertiary/aromatic N) is 2. The van der Waals surface area contributed by atoms with E-state index in [0.717, 1.165) is 11.1 Å². The highest BCUT2D eigenvalue weighted by molar-refractivity contribution is 7.07. The molecule has 2 aromatic heterocycles. The molecule has 45 heavy (non-hydrogen) atoms. The van der Waals surface area contributed by atoms with Crippen LogP contribution < -0.4 is 19.6 Å². The lowest BCUT2D eigenvalue weighted by atomic mass is 9.93. The van der Waals surface area contributed by atoms with Crippen LogP contribution in [0.4, 0.5) is 0 Å². The number of ether oxygens (including phenoxy) is 3. The number of carbonyl (C=O) groups excluding carboxylic acids is 2. The van der Waals surface area contributed by atoms with Crippen molar-refractivity contribution in [2.45, 2.75) is 13.0 Å². The molecule has 9 nitrogen and oxygen atoms in total. The first-order valence-electron chi connectivity index (χ1n) is 14.1. The van der Waals surface area contributed by atoms with Crippen molar-refractivity contribution in [3.8, 4) is 17.1 Å². The zero-order valence-electron chi connectivity index (χ0n) is 24.7. The van der Waals surface area contributed by atoms with Gasteiger partial charge in [-0.25, -0.2) is 14.6 Å². The van der Waals surface area contributed by atoms with E-state index in [4.69, 9.17) is 23.6 Å². The number of hydrogen-bond donors (Lipinski definition) is 0. The number of hydrogen-bond acceptors (Lipinski definition) is 9. The number of furan rings is 1. The van der Waals surface area contributed by atoms with Gasteiger partial charge in [0.05, 0.1) is 48.2 Å². The van der Waals surface area contributed by atoms with Gasteiger partial charge in [0.2, 0.25) is 0 Å². The van der Waals surface area contributed by atoms with E-state index in [2.05, 4.69) is 0 Å². The SMILES string of the molecule is CCOC(=O)C1=C(c2ccccc2)N=c2s/c(=C\c3ccc(-c4ccc(C(=O)OC)cc4)o3)c(=O)n2C1c1cccc(OC)c1.